The maximum Gasteiger partial charge on any atom is 0.114 e. The number of para-hydroxylation sites is 2. The Morgan fingerprint density at radius 3 is 1.45 bits per heavy atom. The number of fused-ring (bicyclic) bond motifs is 4. The van der Waals surface area contributed by atoms with Crippen molar-refractivity contribution in [2.45, 2.75) is 13.3 Å². The summed E-state index contributed by atoms with van der Waals surface area (Å²) >= 11 is 0. The van der Waals surface area contributed by atoms with E-state index in [1.165, 1.54) is 76.8 Å². The van der Waals surface area contributed by atoms with Crippen molar-refractivity contribution in [1.82, 2.24) is 9.55 Å². The van der Waals surface area contributed by atoms with Gasteiger partial charge in [0.1, 0.15) is 5.82 Å². The summed E-state index contributed by atoms with van der Waals surface area (Å²) in [5.41, 5.74) is 13.1. The molecule has 0 aliphatic carbocycles. The van der Waals surface area contributed by atoms with Crippen LogP contribution in [0.1, 0.15) is 12.7 Å². The van der Waals surface area contributed by atoms with Crippen molar-refractivity contribution < 1.29 is 0 Å². The van der Waals surface area contributed by atoms with Gasteiger partial charge in [-0.05, 0) is 108 Å². The summed E-state index contributed by atoms with van der Waals surface area (Å²) in [4.78, 5) is 5.03. The monoisotopic (exact) mass is 676 g/mol. The maximum absolute atomic E-state index is 5.03. The van der Waals surface area contributed by atoms with Crippen molar-refractivity contribution >= 4 is 43.4 Å². The van der Waals surface area contributed by atoms with Gasteiger partial charge in [0.05, 0.1) is 16.7 Å². The fourth-order valence-electron chi connectivity index (χ4n) is 8.37. The Labute approximate surface area is 309 Å². The highest BCUT2D eigenvalue weighted by Crippen LogP contribution is 2.47. The van der Waals surface area contributed by atoms with Crippen molar-refractivity contribution in [3.05, 3.63) is 194 Å². The summed E-state index contributed by atoms with van der Waals surface area (Å²) in [7, 11) is 0. The average Bonchev–Trinajstić information content (AvgIpc) is 3.61. The van der Waals surface area contributed by atoms with E-state index < -0.39 is 0 Å². The minimum Gasteiger partial charge on any atom is -0.296 e. The first-order valence-corrected chi connectivity index (χ1v) is 18.5. The van der Waals surface area contributed by atoms with E-state index >= 15 is 0 Å². The van der Waals surface area contributed by atoms with E-state index in [0.29, 0.717) is 0 Å². The molecule has 2 heteroatoms. The lowest BCUT2D eigenvalue weighted by atomic mass is 9.83. The highest BCUT2D eigenvalue weighted by atomic mass is 15.1. The summed E-state index contributed by atoms with van der Waals surface area (Å²) in [6, 6.07) is 68.5. The van der Waals surface area contributed by atoms with Gasteiger partial charge in [0.15, 0.2) is 0 Å². The highest BCUT2D eigenvalue weighted by Gasteiger charge is 2.21. The molecule has 2 nitrogen and oxygen atoms in total. The van der Waals surface area contributed by atoms with E-state index in [2.05, 4.69) is 200 Å². The number of benzene rings is 9. The summed E-state index contributed by atoms with van der Waals surface area (Å²) in [6.45, 7) is 2.19. The molecule has 9 aromatic carbocycles. The fraction of sp³-hybridized carbons (Fsp3) is 0.0392. The Bertz CT molecular complexity index is 2860. The summed E-state index contributed by atoms with van der Waals surface area (Å²) in [5.74, 6) is 1.07. The number of aryl methyl sites for hydroxylation is 1. The van der Waals surface area contributed by atoms with Gasteiger partial charge < -0.3 is 0 Å². The lowest BCUT2D eigenvalue weighted by Gasteiger charge is -2.21. The van der Waals surface area contributed by atoms with Gasteiger partial charge in [-0.3, -0.25) is 4.57 Å². The molecular formula is C51H36N2. The summed E-state index contributed by atoms with van der Waals surface area (Å²) < 4.78 is 2.35. The molecule has 53 heavy (non-hydrogen) atoms. The van der Waals surface area contributed by atoms with E-state index in [0.717, 1.165) is 29.0 Å². The Kier molecular flexibility index (Phi) is 7.47. The standard InChI is InChI=1S/C51H36N2/c1-2-49-52-46-27-15-16-28-48(46)53(49)47-30-29-45(39-21-9-10-22-40(39)47)51-43-25-13-11-23-41(43)50(42-24-12-14-26-44(42)51)38-32-36(34-17-5-3-6-18-34)31-37(33-38)35-19-7-4-8-20-35/h3-33H,2H2,1H3. The zero-order chi connectivity index (χ0) is 35.3. The molecule has 250 valence electrons. The molecule has 0 bridgehead atoms. The highest BCUT2D eigenvalue weighted by molar-refractivity contribution is 6.24. The second-order valence-corrected chi connectivity index (χ2v) is 13.8. The Morgan fingerprint density at radius 2 is 0.868 bits per heavy atom. The van der Waals surface area contributed by atoms with Gasteiger partial charge in [0.25, 0.3) is 0 Å². The normalized spacial score (nSPS) is 11.6. The van der Waals surface area contributed by atoms with E-state index in [9.17, 15) is 0 Å². The number of nitrogens with zero attached hydrogens (tertiary/aromatic N) is 2. The lowest BCUT2D eigenvalue weighted by Crippen LogP contribution is -2.01. The maximum atomic E-state index is 5.03. The van der Waals surface area contributed by atoms with Crippen molar-refractivity contribution in [1.29, 1.82) is 0 Å². The number of imidazole rings is 1. The second-order valence-electron chi connectivity index (χ2n) is 13.8. The first kappa shape index (κ1) is 31.0. The third-order valence-corrected chi connectivity index (χ3v) is 10.7. The smallest absolute Gasteiger partial charge is 0.114 e. The third kappa shape index (κ3) is 5.14. The van der Waals surface area contributed by atoms with Crippen LogP contribution in [0.2, 0.25) is 0 Å². The molecule has 0 unspecified atom stereocenters. The number of hydrogen-bond acceptors (Lipinski definition) is 1. The van der Waals surface area contributed by atoms with Gasteiger partial charge in [-0.2, -0.15) is 0 Å². The van der Waals surface area contributed by atoms with Crippen LogP contribution in [0.4, 0.5) is 0 Å². The predicted octanol–water partition coefficient (Wildman–Crippen LogP) is 13.7. The van der Waals surface area contributed by atoms with Crippen molar-refractivity contribution in [3.63, 3.8) is 0 Å². The second kappa shape index (κ2) is 12.8. The van der Waals surface area contributed by atoms with Crippen LogP contribution in [0.5, 0.6) is 0 Å². The third-order valence-electron chi connectivity index (χ3n) is 10.7. The van der Waals surface area contributed by atoms with E-state index in [1.807, 2.05) is 0 Å². The predicted molar refractivity (Wildman–Crippen MR) is 225 cm³/mol. The van der Waals surface area contributed by atoms with E-state index in [4.69, 9.17) is 4.98 Å². The molecule has 0 saturated heterocycles. The van der Waals surface area contributed by atoms with Crippen LogP contribution in [0.3, 0.4) is 0 Å². The van der Waals surface area contributed by atoms with E-state index in [1.54, 1.807) is 0 Å². The molecule has 0 spiro atoms. The first-order chi connectivity index (χ1) is 26.3. The lowest BCUT2D eigenvalue weighted by molar-refractivity contribution is 0.913. The van der Waals surface area contributed by atoms with Crippen molar-refractivity contribution in [2.75, 3.05) is 0 Å². The number of aromatic nitrogens is 2. The molecule has 0 N–H and O–H groups in total. The molecule has 0 saturated carbocycles. The summed E-state index contributed by atoms with van der Waals surface area (Å²) in [6.07, 6.45) is 0.846. The van der Waals surface area contributed by atoms with Gasteiger partial charge in [-0.25, -0.2) is 4.98 Å². The van der Waals surface area contributed by atoms with Crippen LogP contribution in [0.15, 0.2) is 188 Å². The number of hydrogen-bond donors (Lipinski definition) is 0. The van der Waals surface area contributed by atoms with Gasteiger partial charge in [0, 0.05) is 11.8 Å². The zero-order valence-corrected chi connectivity index (χ0v) is 29.5. The molecule has 0 fully saturated rings. The van der Waals surface area contributed by atoms with Crippen LogP contribution in [0, 0.1) is 0 Å². The molecule has 10 rings (SSSR count). The SMILES string of the molecule is CCc1nc2ccccc2n1-c1ccc(-c2c3ccccc3c(-c3cc(-c4ccccc4)cc(-c4ccccc4)c3)c3ccccc23)c2ccccc12. The molecule has 10 aromatic rings. The summed E-state index contributed by atoms with van der Waals surface area (Å²) in [5, 5.41) is 7.41. The van der Waals surface area contributed by atoms with Gasteiger partial charge >= 0.3 is 0 Å². The van der Waals surface area contributed by atoms with Crippen LogP contribution in [-0.2, 0) is 6.42 Å². The Morgan fingerprint density at radius 1 is 0.396 bits per heavy atom. The average molecular weight is 677 g/mol. The van der Waals surface area contributed by atoms with E-state index in [-0.39, 0.29) is 0 Å². The quantitative estimate of drug-likeness (QED) is 0.160. The van der Waals surface area contributed by atoms with Gasteiger partial charge in [-0.1, -0.05) is 159 Å². The van der Waals surface area contributed by atoms with Crippen LogP contribution >= 0.6 is 0 Å². The van der Waals surface area contributed by atoms with Crippen LogP contribution in [-0.4, -0.2) is 9.55 Å². The van der Waals surface area contributed by atoms with Gasteiger partial charge in [0.2, 0.25) is 0 Å². The van der Waals surface area contributed by atoms with Crippen molar-refractivity contribution in [3.8, 4) is 50.2 Å². The number of rotatable bonds is 6. The molecule has 0 radical (unpaired) electrons. The molecule has 0 amide bonds. The van der Waals surface area contributed by atoms with Crippen LogP contribution < -0.4 is 0 Å². The Hall–Kier alpha value is -6.77. The first-order valence-electron chi connectivity index (χ1n) is 18.5. The fourth-order valence-corrected chi connectivity index (χ4v) is 8.37. The largest absolute Gasteiger partial charge is 0.296 e. The molecule has 1 aromatic heterocycles. The zero-order valence-electron chi connectivity index (χ0n) is 29.5. The molecule has 1 heterocycles. The Balaban J connectivity index is 1.27. The molecule has 0 aliphatic heterocycles. The minimum atomic E-state index is 0.846. The van der Waals surface area contributed by atoms with Crippen LogP contribution in [0.25, 0.3) is 93.5 Å². The molecule has 0 aliphatic rings. The molecular weight excluding hydrogens is 641 g/mol. The topological polar surface area (TPSA) is 17.8 Å². The van der Waals surface area contributed by atoms with Crippen molar-refractivity contribution in [2.24, 2.45) is 0 Å². The molecule has 0 atom stereocenters. The minimum absolute atomic E-state index is 0.846. The van der Waals surface area contributed by atoms with Gasteiger partial charge in [-0.15, -0.1) is 0 Å².